The molecule has 1 aliphatic rings. The molecule has 25 heavy (non-hydrogen) atoms. The lowest BCUT2D eigenvalue weighted by molar-refractivity contribution is 0.420. The summed E-state index contributed by atoms with van der Waals surface area (Å²) in [4.78, 5) is 17.0. The van der Waals surface area contributed by atoms with Crippen LogP contribution in [0.3, 0.4) is 0 Å². The molecule has 0 saturated carbocycles. The van der Waals surface area contributed by atoms with Gasteiger partial charge < -0.3 is 5.11 Å². The van der Waals surface area contributed by atoms with Gasteiger partial charge in [-0.15, -0.1) is 0 Å². The fourth-order valence-corrected chi connectivity index (χ4v) is 3.66. The summed E-state index contributed by atoms with van der Waals surface area (Å²) >= 11 is 1.04. The Morgan fingerprint density at radius 1 is 1.16 bits per heavy atom. The molecule has 0 radical (unpaired) electrons. The number of hydrogen-bond acceptors (Lipinski definition) is 4. The number of hydrogen-bond donors (Lipinski definition) is 1. The molecule has 4 nitrogen and oxygen atoms in total. The number of nitrogens with zero attached hydrogens (tertiary/aromatic N) is 2. The normalized spacial score (nSPS) is 14.2. The fourth-order valence-electron chi connectivity index (χ4n) is 2.82. The van der Waals surface area contributed by atoms with Gasteiger partial charge in [-0.05, 0) is 24.6 Å². The number of allylic oxidation sites excluding steroid dienone is 1. The molecule has 1 aliphatic heterocycles. The third-order valence-electron chi connectivity index (χ3n) is 4.20. The van der Waals surface area contributed by atoms with E-state index in [2.05, 4.69) is 4.99 Å². The van der Waals surface area contributed by atoms with Gasteiger partial charge in [0.25, 0.3) is 0 Å². The van der Waals surface area contributed by atoms with Gasteiger partial charge in [-0.3, -0.25) is 14.4 Å². The number of para-hydroxylation sites is 1. The number of aliphatic imine (C=N–C) groups is 1. The second-order valence-electron chi connectivity index (χ2n) is 6.00. The molecule has 0 unspecified atom stereocenters. The van der Waals surface area contributed by atoms with Crippen LogP contribution in [0.15, 0.2) is 58.3 Å². The van der Waals surface area contributed by atoms with Crippen molar-refractivity contribution in [2.45, 2.75) is 13.5 Å². The monoisotopic (exact) mass is 348 g/mol. The van der Waals surface area contributed by atoms with Gasteiger partial charge >= 0.3 is 4.87 Å². The van der Waals surface area contributed by atoms with E-state index in [-0.39, 0.29) is 10.8 Å². The molecule has 0 atom stereocenters. The first-order chi connectivity index (χ1) is 12.1. The Labute approximate surface area is 149 Å². The molecular weight excluding hydrogens is 332 g/mol. The molecular formula is C20H16N2O2S. The number of aromatic hydroxyl groups is 1. The Kier molecular flexibility index (Phi) is 3.86. The largest absolute Gasteiger partial charge is 0.493 e. The van der Waals surface area contributed by atoms with Crippen LogP contribution in [0, 0.1) is 6.92 Å². The van der Waals surface area contributed by atoms with E-state index in [4.69, 9.17) is 0 Å². The van der Waals surface area contributed by atoms with E-state index in [0.29, 0.717) is 11.4 Å². The van der Waals surface area contributed by atoms with Crippen molar-refractivity contribution < 1.29 is 5.11 Å². The van der Waals surface area contributed by atoms with Gasteiger partial charge in [-0.2, -0.15) is 0 Å². The molecule has 1 N–H and O–H groups in total. The zero-order valence-electron chi connectivity index (χ0n) is 13.6. The molecule has 1 aromatic heterocycles. The van der Waals surface area contributed by atoms with Gasteiger partial charge in [-0.1, -0.05) is 59.4 Å². The summed E-state index contributed by atoms with van der Waals surface area (Å²) in [5.41, 5.74) is 4.95. The van der Waals surface area contributed by atoms with Crippen molar-refractivity contribution in [2.75, 3.05) is 0 Å². The van der Waals surface area contributed by atoms with Crippen molar-refractivity contribution in [3.63, 3.8) is 0 Å². The number of aromatic nitrogens is 1. The van der Waals surface area contributed by atoms with Crippen LogP contribution < -0.4 is 4.87 Å². The Bertz CT molecular complexity index is 1060. The minimum absolute atomic E-state index is 0.000793. The van der Waals surface area contributed by atoms with Crippen LogP contribution >= 0.6 is 11.3 Å². The summed E-state index contributed by atoms with van der Waals surface area (Å²) in [6.07, 6.45) is 3.58. The molecule has 3 aromatic rings. The Morgan fingerprint density at radius 2 is 1.92 bits per heavy atom. The molecule has 4 rings (SSSR count). The van der Waals surface area contributed by atoms with E-state index in [1.54, 1.807) is 6.21 Å². The second-order valence-corrected chi connectivity index (χ2v) is 7.00. The highest BCUT2D eigenvalue weighted by Crippen LogP contribution is 2.34. The maximum atomic E-state index is 12.3. The first-order valence-electron chi connectivity index (χ1n) is 7.95. The average Bonchev–Trinajstić information content (AvgIpc) is 3.14. The Balaban J connectivity index is 1.69. The summed E-state index contributed by atoms with van der Waals surface area (Å²) in [6, 6.07) is 15.7. The second kappa shape index (κ2) is 6.18. The topological polar surface area (TPSA) is 54.6 Å². The van der Waals surface area contributed by atoms with Crippen LogP contribution in [0.1, 0.15) is 21.6 Å². The number of rotatable bonds is 3. The summed E-state index contributed by atoms with van der Waals surface area (Å²) in [7, 11) is 0. The maximum Gasteiger partial charge on any atom is 0.310 e. The highest BCUT2D eigenvalue weighted by atomic mass is 32.1. The number of benzene rings is 2. The summed E-state index contributed by atoms with van der Waals surface area (Å²) in [5.74, 6) is 0.000793. The van der Waals surface area contributed by atoms with E-state index in [1.165, 1.54) is 4.57 Å². The van der Waals surface area contributed by atoms with Crippen LogP contribution in [-0.2, 0) is 6.54 Å². The van der Waals surface area contributed by atoms with Crippen molar-refractivity contribution >= 4 is 34.9 Å². The van der Waals surface area contributed by atoms with E-state index in [9.17, 15) is 9.90 Å². The minimum Gasteiger partial charge on any atom is -0.493 e. The van der Waals surface area contributed by atoms with E-state index in [0.717, 1.165) is 39.3 Å². The number of thiazole rings is 1. The van der Waals surface area contributed by atoms with Gasteiger partial charge in [0.2, 0.25) is 5.88 Å². The fraction of sp³-hybridized carbons (Fsp3) is 0.100. The molecule has 0 saturated heterocycles. The third kappa shape index (κ3) is 2.94. The predicted molar refractivity (Wildman–Crippen MR) is 103 cm³/mol. The average molecular weight is 348 g/mol. The van der Waals surface area contributed by atoms with Gasteiger partial charge in [-0.25, -0.2) is 0 Å². The highest BCUT2D eigenvalue weighted by molar-refractivity contribution is 7.10. The Morgan fingerprint density at radius 3 is 2.72 bits per heavy atom. The molecule has 2 aromatic carbocycles. The van der Waals surface area contributed by atoms with Crippen molar-refractivity contribution in [1.82, 2.24) is 4.57 Å². The van der Waals surface area contributed by atoms with Crippen LogP contribution in [0.4, 0.5) is 5.69 Å². The Hall–Kier alpha value is -2.92. The summed E-state index contributed by atoms with van der Waals surface area (Å²) in [6.45, 7) is 2.37. The van der Waals surface area contributed by atoms with Crippen molar-refractivity contribution in [3.8, 4) is 5.88 Å². The van der Waals surface area contributed by atoms with Gasteiger partial charge in [0, 0.05) is 17.4 Å². The maximum absolute atomic E-state index is 12.3. The van der Waals surface area contributed by atoms with Gasteiger partial charge in [0.15, 0.2) is 0 Å². The van der Waals surface area contributed by atoms with Crippen LogP contribution in [0.5, 0.6) is 5.88 Å². The van der Waals surface area contributed by atoms with Crippen LogP contribution in [-0.4, -0.2) is 15.9 Å². The van der Waals surface area contributed by atoms with E-state index < -0.39 is 0 Å². The van der Waals surface area contributed by atoms with Crippen LogP contribution in [0.25, 0.3) is 11.6 Å². The standard InChI is InChI=1S/C20H16N2O2S/c1-13-6-8-14(9-7-13)12-22-19(23)18(25-20(22)24)10-15-11-21-17-5-3-2-4-16(15)17/h2-11,23H,12H2,1H3/b15-10+. The van der Waals surface area contributed by atoms with Gasteiger partial charge in [0.1, 0.15) is 0 Å². The summed E-state index contributed by atoms with van der Waals surface area (Å²) in [5, 5.41) is 10.5. The lowest BCUT2D eigenvalue weighted by Gasteiger charge is -2.04. The third-order valence-corrected chi connectivity index (χ3v) is 5.11. The smallest absolute Gasteiger partial charge is 0.310 e. The lowest BCUT2D eigenvalue weighted by Crippen LogP contribution is -2.13. The number of fused-ring (bicyclic) bond motifs is 1. The first-order valence-corrected chi connectivity index (χ1v) is 8.77. The molecule has 2 heterocycles. The molecule has 0 amide bonds. The molecule has 5 heteroatoms. The predicted octanol–water partition coefficient (Wildman–Crippen LogP) is 4.23. The summed E-state index contributed by atoms with van der Waals surface area (Å²) < 4.78 is 1.40. The lowest BCUT2D eigenvalue weighted by atomic mass is 10.1. The quantitative estimate of drug-likeness (QED) is 0.770. The molecule has 0 fully saturated rings. The van der Waals surface area contributed by atoms with Gasteiger partial charge in [0.05, 0.1) is 17.1 Å². The zero-order chi connectivity index (χ0) is 17.4. The highest BCUT2D eigenvalue weighted by Gasteiger charge is 2.16. The molecule has 0 spiro atoms. The van der Waals surface area contributed by atoms with E-state index in [1.807, 2.05) is 61.5 Å². The van der Waals surface area contributed by atoms with Crippen molar-refractivity contribution in [3.05, 3.63) is 79.8 Å². The first kappa shape index (κ1) is 15.6. The minimum atomic E-state index is -0.173. The molecule has 0 bridgehead atoms. The SMILES string of the molecule is Cc1ccc(Cn2c(O)c(/C=C3\C=Nc4ccccc43)sc2=O)cc1. The van der Waals surface area contributed by atoms with Crippen molar-refractivity contribution in [1.29, 1.82) is 0 Å². The van der Waals surface area contributed by atoms with Crippen molar-refractivity contribution in [2.24, 2.45) is 4.99 Å². The molecule has 124 valence electrons. The molecule has 0 aliphatic carbocycles. The van der Waals surface area contributed by atoms with Crippen LogP contribution in [0.2, 0.25) is 0 Å². The number of aryl methyl sites for hydroxylation is 1. The zero-order valence-corrected chi connectivity index (χ0v) is 14.5. The van der Waals surface area contributed by atoms with E-state index >= 15 is 0 Å².